The molecule has 3 aromatic rings. The van der Waals surface area contributed by atoms with Gasteiger partial charge in [-0.15, -0.1) is 10.2 Å². The molecule has 0 bridgehead atoms. The summed E-state index contributed by atoms with van der Waals surface area (Å²) < 4.78 is 27.8. The first-order chi connectivity index (χ1) is 11.9. The molecule has 0 aliphatic carbocycles. The SMILES string of the molecule is CS(=O)(=O)N1CCC(c2nnc3sc(-c4ccc(I)cc4)nn23)CC1. The van der Waals surface area contributed by atoms with Crippen molar-refractivity contribution >= 4 is 48.9 Å². The van der Waals surface area contributed by atoms with Crippen molar-refractivity contribution in [3.8, 4) is 10.6 Å². The molecule has 0 amide bonds. The van der Waals surface area contributed by atoms with Crippen molar-refractivity contribution < 1.29 is 8.42 Å². The highest BCUT2D eigenvalue weighted by Crippen LogP contribution is 2.31. The molecule has 0 radical (unpaired) electrons. The van der Waals surface area contributed by atoms with Crippen LogP contribution in [-0.2, 0) is 10.0 Å². The third-order valence-corrected chi connectivity index (χ3v) is 7.36. The molecule has 0 spiro atoms. The zero-order chi connectivity index (χ0) is 17.6. The lowest BCUT2D eigenvalue weighted by Crippen LogP contribution is -2.37. The maximum atomic E-state index is 11.7. The maximum Gasteiger partial charge on any atom is 0.234 e. The number of nitrogens with zero attached hydrogens (tertiary/aromatic N) is 5. The molecule has 4 rings (SSSR count). The number of rotatable bonds is 3. The lowest BCUT2D eigenvalue weighted by Gasteiger charge is -2.28. The third kappa shape index (κ3) is 3.44. The average Bonchev–Trinajstić information content (AvgIpc) is 3.15. The molecular weight excluding hydrogens is 473 g/mol. The van der Waals surface area contributed by atoms with Gasteiger partial charge in [-0.05, 0) is 47.6 Å². The Morgan fingerprint density at radius 2 is 1.84 bits per heavy atom. The van der Waals surface area contributed by atoms with E-state index in [0.717, 1.165) is 34.2 Å². The monoisotopic (exact) mass is 489 g/mol. The highest BCUT2D eigenvalue weighted by atomic mass is 127. The zero-order valence-corrected chi connectivity index (χ0v) is 17.3. The molecule has 0 unspecified atom stereocenters. The van der Waals surface area contributed by atoms with E-state index >= 15 is 0 Å². The van der Waals surface area contributed by atoms with Crippen LogP contribution in [0, 0.1) is 3.57 Å². The number of halogens is 1. The summed E-state index contributed by atoms with van der Waals surface area (Å²) in [5.41, 5.74) is 1.06. The molecule has 1 saturated heterocycles. The highest BCUT2D eigenvalue weighted by Gasteiger charge is 2.29. The van der Waals surface area contributed by atoms with Gasteiger partial charge in [-0.2, -0.15) is 9.61 Å². The van der Waals surface area contributed by atoms with Crippen molar-refractivity contribution in [2.45, 2.75) is 18.8 Å². The van der Waals surface area contributed by atoms with Crippen molar-refractivity contribution in [3.63, 3.8) is 0 Å². The number of fused-ring (bicyclic) bond motifs is 1. The van der Waals surface area contributed by atoms with E-state index in [-0.39, 0.29) is 5.92 Å². The van der Waals surface area contributed by atoms with Gasteiger partial charge in [0.15, 0.2) is 5.82 Å². The molecule has 1 aromatic carbocycles. The van der Waals surface area contributed by atoms with Gasteiger partial charge < -0.3 is 0 Å². The number of hydrogen-bond donors (Lipinski definition) is 0. The van der Waals surface area contributed by atoms with E-state index in [1.807, 2.05) is 4.52 Å². The van der Waals surface area contributed by atoms with Crippen molar-refractivity contribution in [2.75, 3.05) is 19.3 Å². The average molecular weight is 489 g/mol. The predicted octanol–water partition coefficient (Wildman–Crippen LogP) is 2.60. The summed E-state index contributed by atoms with van der Waals surface area (Å²) in [7, 11) is -3.12. The van der Waals surface area contributed by atoms with Gasteiger partial charge in [-0.1, -0.05) is 23.5 Å². The van der Waals surface area contributed by atoms with Crippen LogP contribution in [0.5, 0.6) is 0 Å². The Bertz CT molecular complexity index is 1000. The smallest absolute Gasteiger partial charge is 0.213 e. The highest BCUT2D eigenvalue weighted by molar-refractivity contribution is 14.1. The Morgan fingerprint density at radius 1 is 1.16 bits per heavy atom. The number of aromatic nitrogens is 4. The molecule has 10 heteroatoms. The molecule has 25 heavy (non-hydrogen) atoms. The Morgan fingerprint density at radius 3 is 2.48 bits per heavy atom. The minimum Gasteiger partial charge on any atom is -0.213 e. The largest absolute Gasteiger partial charge is 0.234 e. The van der Waals surface area contributed by atoms with E-state index < -0.39 is 10.0 Å². The number of hydrogen-bond acceptors (Lipinski definition) is 6. The molecule has 1 fully saturated rings. The standard InChI is InChI=1S/C15H16IN5O2S2/c1-25(22,23)20-8-6-10(7-9-20)13-17-18-15-21(13)19-14(24-15)11-2-4-12(16)5-3-11/h2-5,10H,6-9H2,1H3. The van der Waals surface area contributed by atoms with Crippen molar-refractivity contribution in [1.29, 1.82) is 0 Å². The molecule has 0 atom stereocenters. The van der Waals surface area contributed by atoms with Crippen molar-refractivity contribution in [3.05, 3.63) is 33.7 Å². The molecule has 3 heterocycles. The first-order valence-corrected chi connectivity index (χ1v) is 11.6. The second-order valence-corrected chi connectivity index (χ2v) is 10.3. The Balaban J connectivity index is 1.60. The van der Waals surface area contributed by atoms with E-state index in [1.54, 1.807) is 0 Å². The molecule has 2 aromatic heterocycles. The first kappa shape index (κ1) is 17.3. The van der Waals surface area contributed by atoms with Gasteiger partial charge in [0.2, 0.25) is 15.0 Å². The fourth-order valence-electron chi connectivity index (χ4n) is 3.04. The van der Waals surface area contributed by atoms with Crippen LogP contribution < -0.4 is 0 Å². The van der Waals surface area contributed by atoms with Crippen LogP contribution >= 0.6 is 33.9 Å². The summed E-state index contributed by atoms with van der Waals surface area (Å²) in [6.07, 6.45) is 2.74. The van der Waals surface area contributed by atoms with Crippen LogP contribution in [0.1, 0.15) is 24.6 Å². The van der Waals surface area contributed by atoms with E-state index in [2.05, 4.69) is 57.1 Å². The van der Waals surface area contributed by atoms with Gasteiger partial charge in [0, 0.05) is 28.1 Å². The molecule has 7 nitrogen and oxygen atoms in total. The lowest BCUT2D eigenvalue weighted by atomic mass is 9.97. The Hall–Kier alpha value is -1.11. The Kier molecular flexibility index (Phi) is 4.54. The van der Waals surface area contributed by atoms with Gasteiger partial charge in [0.25, 0.3) is 0 Å². The Labute approximate surface area is 163 Å². The van der Waals surface area contributed by atoms with E-state index in [4.69, 9.17) is 5.10 Å². The summed E-state index contributed by atoms with van der Waals surface area (Å²) in [5, 5.41) is 14.2. The van der Waals surface area contributed by atoms with Crippen LogP contribution in [0.4, 0.5) is 0 Å². The predicted molar refractivity (Wildman–Crippen MR) is 105 cm³/mol. The topological polar surface area (TPSA) is 80.5 Å². The van der Waals surface area contributed by atoms with E-state index in [9.17, 15) is 8.42 Å². The van der Waals surface area contributed by atoms with Gasteiger partial charge in [-0.25, -0.2) is 12.7 Å². The maximum absolute atomic E-state index is 11.7. The summed E-state index contributed by atoms with van der Waals surface area (Å²) in [5.74, 6) is 1.01. The summed E-state index contributed by atoms with van der Waals surface area (Å²) in [6.45, 7) is 1.04. The molecule has 1 aliphatic heterocycles. The summed E-state index contributed by atoms with van der Waals surface area (Å²) >= 11 is 3.79. The minimum atomic E-state index is -3.12. The molecule has 132 valence electrons. The number of piperidine rings is 1. The van der Waals surface area contributed by atoms with E-state index in [1.165, 1.54) is 25.5 Å². The second-order valence-electron chi connectivity index (χ2n) is 6.10. The lowest BCUT2D eigenvalue weighted by molar-refractivity contribution is 0.313. The fraction of sp³-hybridized carbons (Fsp3) is 0.400. The van der Waals surface area contributed by atoms with Crippen LogP contribution in [0.2, 0.25) is 0 Å². The van der Waals surface area contributed by atoms with Crippen molar-refractivity contribution in [2.24, 2.45) is 0 Å². The summed E-state index contributed by atoms with van der Waals surface area (Å²) in [6, 6.07) is 8.22. The number of sulfonamides is 1. The second kappa shape index (κ2) is 6.56. The van der Waals surface area contributed by atoms with E-state index in [0.29, 0.717) is 13.1 Å². The van der Waals surface area contributed by atoms with Crippen molar-refractivity contribution in [1.82, 2.24) is 24.1 Å². The molecule has 0 saturated carbocycles. The quantitative estimate of drug-likeness (QED) is 0.529. The zero-order valence-electron chi connectivity index (χ0n) is 13.5. The van der Waals surface area contributed by atoms with Gasteiger partial charge in [0.05, 0.1) is 6.26 Å². The van der Waals surface area contributed by atoms with Gasteiger partial charge in [0.1, 0.15) is 5.01 Å². The minimum absolute atomic E-state index is 0.180. The normalized spacial score (nSPS) is 17.4. The van der Waals surface area contributed by atoms with Crippen LogP contribution in [0.25, 0.3) is 15.5 Å². The fourth-order valence-corrected chi connectivity index (χ4v) is 5.13. The van der Waals surface area contributed by atoms with Gasteiger partial charge >= 0.3 is 0 Å². The third-order valence-electron chi connectivity index (χ3n) is 4.39. The van der Waals surface area contributed by atoms with Crippen LogP contribution in [-0.4, -0.2) is 51.9 Å². The molecular formula is C15H16IN5O2S2. The summed E-state index contributed by atoms with van der Waals surface area (Å²) in [4.78, 5) is 0.772. The van der Waals surface area contributed by atoms with Crippen LogP contribution in [0.15, 0.2) is 24.3 Å². The van der Waals surface area contributed by atoms with Crippen LogP contribution in [0.3, 0.4) is 0 Å². The number of benzene rings is 1. The molecule has 1 aliphatic rings. The first-order valence-electron chi connectivity index (χ1n) is 7.85. The van der Waals surface area contributed by atoms with Gasteiger partial charge in [-0.3, -0.25) is 0 Å². The molecule has 0 N–H and O–H groups in total.